The van der Waals surface area contributed by atoms with Crippen molar-refractivity contribution in [1.82, 2.24) is 9.88 Å². The molecular formula is C10H11ClN2O3S. The van der Waals surface area contributed by atoms with Crippen LogP contribution in [0.5, 0.6) is 0 Å². The molecule has 2 heterocycles. The maximum atomic E-state index is 12.1. The van der Waals surface area contributed by atoms with Crippen molar-refractivity contribution in [2.45, 2.75) is 25.3 Å². The minimum atomic E-state index is -0.960. The van der Waals surface area contributed by atoms with Crippen molar-refractivity contribution < 1.29 is 14.7 Å². The summed E-state index contributed by atoms with van der Waals surface area (Å²) in [6.45, 7) is 0.462. The number of aliphatic carboxylic acids is 1. The molecule has 0 saturated carbocycles. The number of aromatic nitrogens is 1. The molecule has 0 radical (unpaired) electrons. The smallest absolute Gasteiger partial charge is 0.326 e. The Balaban J connectivity index is 2.23. The van der Waals surface area contributed by atoms with Gasteiger partial charge >= 0.3 is 5.97 Å². The number of halogens is 1. The third kappa shape index (κ3) is 2.42. The van der Waals surface area contributed by atoms with Crippen molar-refractivity contribution in [3.63, 3.8) is 0 Å². The average Bonchev–Trinajstić information content (AvgIpc) is 2.74. The second kappa shape index (κ2) is 5.01. The number of carbonyl (C=O) groups is 2. The number of hydrogen-bond donors (Lipinski definition) is 1. The Bertz CT molecular complexity index is 449. The van der Waals surface area contributed by atoms with E-state index in [2.05, 4.69) is 4.98 Å². The number of thiazole rings is 1. The summed E-state index contributed by atoms with van der Waals surface area (Å²) < 4.78 is 0. The third-order valence-electron chi connectivity index (χ3n) is 2.77. The molecule has 0 bridgehead atoms. The number of carboxylic acid groups (broad SMARTS) is 1. The van der Waals surface area contributed by atoms with E-state index in [0.29, 0.717) is 17.8 Å². The molecule has 17 heavy (non-hydrogen) atoms. The Morgan fingerprint density at radius 3 is 2.88 bits per heavy atom. The van der Waals surface area contributed by atoms with Crippen LogP contribution < -0.4 is 0 Å². The summed E-state index contributed by atoms with van der Waals surface area (Å²) in [6, 6.07) is -0.741. The van der Waals surface area contributed by atoms with Crippen molar-refractivity contribution in [1.29, 1.82) is 0 Å². The number of carboxylic acids is 1. The molecule has 0 spiro atoms. The van der Waals surface area contributed by atoms with Crippen LogP contribution in [0.1, 0.15) is 28.9 Å². The molecule has 0 unspecified atom stereocenters. The first-order valence-corrected chi connectivity index (χ1v) is 6.50. The SMILES string of the molecule is O=C(O)[C@@H]1CCCCN1C(=O)c1scnc1Cl. The van der Waals surface area contributed by atoms with Gasteiger partial charge in [-0.05, 0) is 19.3 Å². The van der Waals surface area contributed by atoms with E-state index in [1.54, 1.807) is 0 Å². The van der Waals surface area contributed by atoms with E-state index in [1.165, 1.54) is 10.4 Å². The Hall–Kier alpha value is -1.14. The maximum Gasteiger partial charge on any atom is 0.326 e. The molecule has 1 fully saturated rings. The molecule has 1 aromatic rings. The van der Waals surface area contributed by atoms with Crippen molar-refractivity contribution in [3.8, 4) is 0 Å². The highest BCUT2D eigenvalue weighted by Gasteiger charge is 2.33. The zero-order chi connectivity index (χ0) is 12.4. The van der Waals surface area contributed by atoms with Gasteiger partial charge in [0, 0.05) is 6.54 Å². The molecule has 0 aliphatic carbocycles. The monoisotopic (exact) mass is 274 g/mol. The van der Waals surface area contributed by atoms with Crippen LogP contribution in [0.25, 0.3) is 0 Å². The van der Waals surface area contributed by atoms with Gasteiger partial charge in [-0.1, -0.05) is 11.6 Å². The summed E-state index contributed by atoms with van der Waals surface area (Å²) >= 11 is 6.92. The lowest BCUT2D eigenvalue weighted by atomic mass is 10.0. The van der Waals surface area contributed by atoms with Gasteiger partial charge < -0.3 is 10.0 Å². The molecule has 1 atom stereocenters. The summed E-state index contributed by atoms with van der Waals surface area (Å²) in [5.41, 5.74) is 1.48. The van der Waals surface area contributed by atoms with E-state index in [4.69, 9.17) is 16.7 Å². The molecule has 1 aliphatic rings. The minimum Gasteiger partial charge on any atom is -0.480 e. The Morgan fingerprint density at radius 1 is 1.53 bits per heavy atom. The summed E-state index contributed by atoms with van der Waals surface area (Å²) in [4.78, 5) is 28.7. The van der Waals surface area contributed by atoms with Crippen molar-refractivity contribution in [3.05, 3.63) is 15.5 Å². The second-order valence-corrected chi connectivity index (χ2v) is 5.03. The first-order chi connectivity index (χ1) is 8.11. The lowest BCUT2D eigenvalue weighted by molar-refractivity contribution is -0.143. The fourth-order valence-electron chi connectivity index (χ4n) is 1.93. The van der Waals surface area contributed by atoms with Gasteiger partial charge in [-0.2, -0.15) is 0 Å². The molecule has 1 N–H and O–H groups in total. The van der Waals surface area contributed by atoms with E-state index < -0.39 is 12.0 Å². The van der Waals surface area contributed by atoms with Crippen LogP contribution in [0, 0.1) is 0 Å². The maximum absolute atomic E-state index is 12.1. The number of carbonyl (C=O) groups excluding carboxylic acids is 1. The number of amides is 1. The van der Waals surface area contributed by atoms with E-state index in [-0.39, 0.29) is 11.1 Å². The number of nitrogens with zero attached hydrogens (tertiary/aromatic N) is 2. The Morgan fingerprint density at radius 2 is 2.29 bits per heavy atom. The predicted octanol–water partition coefficient (Wildman–Crippen LogP) is 1.88. The fourth-order valence-corrected chi connectivity index (χ4v) is 2.89. The zero-order valence-corrected chi connectivity index (χ0v) is 10.5. The number of hydrogen-bond acceptors (Lipinski definition) is 4. The predicted molar refractivity (Wildman–Crippen MR) is 63.4 cm³/mol. The number of likely N-dealkylation sites (tertiary alicyclic amines) is 1. The lowest BCUT2D eigenvalue weighted by Gasteiger charge is -2.32. The molecule has 0 aromatic carbocycles. The average molecular weight is 275 g/mol. The molecular weight excluding hydrogens is 264 g/mol. The highest BCUT2D eigenvalue weighted by Crippen LogP contribution is 2.25. The second-order valence-electron chi connectivity index (χ2n) is 3.82. The Labute approximate surface area is 107 Å². The van der Waals surface area contributed by atoms with Crippen LogP contribution in [-0.4, -0.2) is 39.5 Å². The Kier molecular flexibility index (Phi) is 3.63. The van der Waals surface area contributed by atoms with Gasteiger partial charge in [-0.3, -0.25) is 4.79 Å². The molecule has 7 heteroatoms. The zero-order valence-electron chi connectivity index (χ0n) is 8.93. The molecule has 1 saturated heterocycles. The lowest BCUT2D eigenvalue weighted by Crippen LogP contribution is -2.47. The summed E-state index contributed by atoms with van der Waals surface area (Å²) in [5, 5.41) is 9.23. The summed E-state index contributed by atoms with van der Waals surface area (Å²) in [7, 11) is 0. The van der Waals surface area contributed by atoms with Crippen LogP contribution in [0.3, 0.4) is 0 Å². The topological polar surface area (TPSA) is 70.5 Å². The van der Waals surface area contributed by atoms with Gasteiger partial charge in [0.05, 0.1) is 5.51 Å². The van der Waals surface area contributed by atoms with Gasteiger partial charge in [0.2, 0.25) is 0 Å². The number of piperidine rings is 1. The normalized spacial score (nSPS) is 20.3. The largest absolute Gasteiger partial charge is 0.480 e. The van der Waals surface area contributed by atoms with Crippen LogP contribution in [0.4, 0.5) is 0 Å². The quantitative estimate of drug-likeness (QED) is 0.894. The molecule has 92 valence electrons. The fraction of sp³-hybridized carbons (Fsp3) is 0.500. The van der Waals surface area contributed by atoms with Crippen LogP contribution in [-0.2, 0) is 4.79 Å². The molecule has 1 aliphatic heterocycles. The van der Waals surface area contributed by atoms with Gasteiger partial charge in [0.1, 0.15) is 10.9 Å². The molecule has 1 aromatic heterocycles. The van der Waals surface area contributed by atoms with Gasteiger partial charge in [0.25, 0.3) is 5.91 Å². The van der Waals surface area contributed by atoms with E-state index in [1.807, 2.05) is 0 Å². The number of rotatable bonds is 2. The van der Waals surface area contributed by atoms with Crippen LogP contribution in [0.15, 0.2) is 5.51 Å². The summed E-state index contributed by atoms with van der Waals surface area (Å²) in [6.07, 6.45) is 2.15. The minimum absolute atomic E-state index is 0.148. The highest BCUT2D eigenvalue weighted by atomic mass is 35.5. The first kappa shape index (κ1) is 12.3. The van der Waals surface area contributed by atoms with E-state index in [0.717, 1.165) is 24.2 Å². The molecule has 5 nitrogen and oxygen atoms in total. The highest BCUT2D eigenvalue weighted by molar-refractivity contribution is 7.12. The van der Waals surface area contributed by atoms with Gasteiger partial charge in [-0.15, -0.1) is 11.3 Å². The standard InChI is InChI=1S/C10H11ClN2O3S/c11-8-7(17-5-12-8)9(14)13-4-2-1-3-6(13)10(15)16/h5-6H,1-4H2,(H,15,16)/t6-/m0/s1. The van der Waals surface area contributed by atoms with Crippen molar-refractivity contribution in [2.24, 2.45) is 0 Å². The van der Waals surface area contributed by atoms with Crippen LogP contribution >= 0.6 is 22.9 Å². The van der Waals surface area contributed by atoms with E-state index >= 15 is 0 Å². The molecule has 1 amide bonds. The summed E-state index contributed by atoms with van der Waals surface area (Å²) in [5.74, 6) is -1.29. The van der Waals surface area contributed by atoms with Crippen molar-refractivity contribution >= 4 is 34.8 Å². The van der Waals surface area contributed by atoms with Gasteiger partial charge in [0.15, 0.2) is 5.15 Å². The first-order valence-electron chi connectivity index (χ1n) is 5.24. The third-order valence-corrected chi connectivity index (χ3v) is 3.98. The van der Waals surface area contributed by atoms with Crippen molar-refractivity contribution in [2.75, 3.05) is 6.54 Å². The van der Waals surface area contributed by atoms with Crippen LogP contribution in [0.2, 0.25) is 5.15 Å². The molecule has 2 rings (SSSR count). The van der Waals surface area contributed by atoms with Gasteiger partial charge in [-0.25, -0.2) is 9.78 Å². The van der Waals surface area contributed by atoms with E-state index in [9.17, 15) is 9.59 Å².